The summed E-state index contributed by atoms with van der Waals surface area (Å²) in [6, 6.07) is 14.9. The van der Waals surface area contributed by atoms with Crippen LogP contribution in [0.4, 0.5) is 0 Å². The summed E-state index contributed by atoms with van der Waals surface area (Å²) in [6.45, 7) is 1.16. The summed E-state index contributed by atoms with van der Waals surface area (Å²) in [5, 5.41) is 0. The Morgan fingerprint density at radius 2 is 1.76 bits per heavy atom. The predicted molar refractivity (Wildman–Crippen MR) is 107 cm³/mol. The second-order valence-electron chi connectivity index (χ2n) is 7.61. The Hall–Kier alpha value is -3.35. The van der Waals surface area contributed by atoms with Gasteiger partial charge in [-0.15, -0.1) is 0 Å². The van der Waals surface area contributed by atoms with Gasteiger partial charge < -0.3 is 14.6 Å². The van der Waals surface area contributed by atoms with Gasteiger partial charge in [0.25, 0.3) is 0 Å². The number of hydrogen-bond donors (Lipinski definition) is 1. The molecule has 148 valence electrons. The van der Waals surface area contributed by atoms with E-state index in [0.717, 1.165) is 16.6 Å². The fourth-order valence-corrected chi connectivity index (χ4v) is 4.47. The summed E-state index contributed by atoms with van der Waals surface area (Å²) < 4.78 is 7.21. The maximum atomic E-state index is 12.8. The normalized spacial score (nSPS) is 19.4. The number of likely N-dealkylation sites (tertiary alicyclic amines) is 1. The van der Waals surface area contributed by atoms with Crippen LogP contribution in [0.2, 0.25) is 0 Å². The zero-order valence-electron chi connectivity index (χ0n) is 15.8. The molecule has 0 bridgehead atoms. The van der Waals surface area contributed by atoms with Crippen LogP contribution in [0, 0.1) is 0 Å². The van der Waals surface area contributed by atoms with Crippen LogP contribution < -0.4 is 5.69 Å². The minimum absolute atomic E-state index is 0.0239. The van der Waals surface area contributed by atoms with Gasteiger partial charge >= 0.3 is 11.7 Å². The van der Waals surface area contributed by atoms with Gasteiger partial charge in [0.1, 0.15) is 6.10 Å². The number of ether oxygens (including phenoxy) is 1. The molecular weight excluding hydrogens is 370 g/mol. The smallest absolute Gasteiger partial charge is 0.339 e. The number of cyclic esters (lactones) is 1. The molecule has 2 aliphatic heterocycles. The Labute approximate surface area is 166 Å². The summed E-state index contributed by atoms with van der Waals surface area (Å²) in [6.07, 6.45) is 1.07. The van der Waals surface area contributed by atoms with Crippen molar-refractivity contribution in [1.29, 1.82) is 0 Å². The summed E-state index contributed by atoms with van der Waals surface area (Å²) in [7, 11) is 0. The van der Waals surface area contributed by atoms with Crippen molar-refractivity contribution in [2.45, 2.75) is 31.4 Å². The highest BCUT2D eigenvalue weighted by Crippen LogP contribution is 2.34. The topological polar surface area (TPSA) is 84.4 Å². The van der Waals surface area contributed by atoms with Gasteiger partial charge in [-0.25, -0.2) is 9.59 Å². The number of rotatable bonds is 3. The molecule has 2 aromatic carbocycles. The molecule has 1 saturated heterocycles. The van der Waals surface area contributed by atoms with Crippen molar-refractivity contribution in [2.75, 3.05) is 13.1 Å². The number of amides is 1. The first-order valence-corrected chi connectivity index (χ1v) is 9.89. The minimum Gasteiger partial charge on any atom is -0.453 e. The molecule has 0 aliphatic carbocycles. The highest BCUT2D eigenvalue weighted by Gasteiger charge is 2.34. The molecule has 1 amide bonds. The van der Waals surface area contributed by atoms with Crippen LogP contribution in [-0.4, -0.2) is 39.4 Å². The minimum atomic E-state index is -0.514. The summed E-state index contributed by atoms with van der Waals surface area (Å²) in [5.41, 5.74) is 2.95. The molecular formula is C22H21N3O4. The number of carbonyl (C=O) groups excluding carboxylic acids is 2. The molecule has 0 spiro atoms. The number of nitrogens with one attached hydrogen (secondary N) is 1. The third-order valence-corrected chi connectivity index (χ3v) is 5.94. The molecule has 2 aliphatic rings. The lowest BCUT2D eigenvalue weighted by Gasteiger charge is -2.33. The fourth-order valence-electron chi connectivity index (χ4n) is 4.47. The predicted octanol–water partition coefficient (Wildman–Crippen LogP) is 2.79. The number of imidazole rings is 1. The van der Waals surface area contributed by atoms with Crippen LogP contribution in [0.25, 0.3) is 11.0 Å². The number of benzene rings is 2. The molecule has 0 radical (unpaired) electrons. The van der Waals surface area contributed by atoms with Crippen molar-refractivity contribution in [3.63, 3.8) is 0 Å². The van der Waals surface area contributed by atoms with Crippen LogP contribution in [-0.2, 0) is 9.53 Å². The maximum Gasteiger partial charge on any atom is 0.339 e. The Bertz CT molecular complexity index is 1150. The zero-order valence-corrected chi connectivity index (χ0v) is 15.8. The third kappa shape index (κ3) is 3.03. The van der Waals surface area contributed by atoms with Gasteiger partial charge in [0.05, 0.1) is 23.0 Å². The van der Waals surface area contributed by atoms with E-state index in [1.165, 1.54) is 0 Å². The molecule has 1 fully saturated rings. The van der Waals surface area contributed by atoms with Crippen LogP contribution >= 0.6 is 0 Å². The summed E-state index contributed by atoms with van der Waals surface area (Å²) in [5.74, 6) is -0.389. The van der Waals surface area contributed by atoms with E-state index in [9.17, 15) is 14.4 Å². The number of aromatic amines is 1. The van der Waals surface area contributed by atoms with E-state index in [4.69, 9.17) is 4.74 Å². The number of para-hydroxylation sites is 2. The molecule has 0 saturated carbocycles. The number of hydrogen-bond acceptors (Lipinski definition) is 4. The molecule has 3 aromatic rings. The van der Waals surface area contributed by atoms with Crippen LogP contribution in [0.1, 0.15) is 47.3 Å². The Morgan fingerprint density at radius 3 is 2.59 bits per heavy atom. The van der Waals surface area contributed by atoms with E-state index in [-0.39, 0.29) is 30.0 Å². The molecule has 7 heteroatoms. The van der Waals surface area contributed by atoms with E-state index in [0.29, 0.717) is 31.5 Å². The number of nitrogens with zero attached hydrogens (tertiary/aromatic N) is 2. The molecule has 1 aromatic heterocycles. The lowest BCUT2D eigenvalue weighted by atomic mass is 10.0. The van der Waals surface area contributed by atoms with Crippen LogP contribution in [0.5, 0.6) is 0 Å². The van der Waals surface area contributed by atoms with Gasteiger partial charge in [0.15, 0.2) is 0 Å². The molecule has 5 rings (SSSR count). The van der Waals surface area contributed by atoms with Crippen LogP contribution in [0.15, 0.2) is 53.3 Å². The number of piperidine rings is 1. The highest BCUT2D eigenvalue weighted by atomic mass is 16.5. The first-order chi connectivity index (χ1) is 14.1. The standard InChI is InChI=1S/C22H21N3O4/c26-20(13-19-15-5-1-2-6-16(15)21(27)29-19)24-11-9-14(10-12-24)25-18-8-4-3-7-17(18)23-22(25)28/h1-8,14,19H,9-13H2,(H,23,28)/t19-/m1/s1. The number of fused-ring (bicyclic) bond motifs is 2. The van der Waals surface area contributed by atoms with E-state index in [2.05, 4.69) is 4.98 Å². The van der Waals surface area contributed by atoms with Crippen molar-refractivity contribution >= 4 is 22.9 Å². The number of carbonyl (C=O) groups is 2. The van der Waals surface area contributed by atoms with E-state index >= 15 is 0 Å². The van der Waals surface area contributed by atoms with Gasteiger partial charge in [-0.05, 0) is 31.0 Å². The molecule has 3 heterocycles. The van der Waals surface area contributed by atoms with Gasteiger partial charge in [-0.3, -0.25) is 9.36 Å². The quantitative estimate of drug-likeness (QED) is 0.696. The van der Waals surface area contributed by atoms with Gasteiger partial charge in [0, 0.05) is 24.7 Å². The molecule has 29 heavy (non-hydrogen) atoms. The van der Waals surface area contributed by atoms with Gasteiger partial charge in [-0.2, -0.15) is 0 Å². The van der Waals surface area contributed by atoms with Crippen molar-refractivity contribution in [3.05, 3.63) is 70.1 Å². The van der Waals surface area contributed by atoms with Crippen molar-refractivity contribution < 1.29 is 14.3 Å². The second kappa shape index (κ2) is 6.92. The summed E-state index contributed by atoms with van der Waals surface area (Å²) in [4.78, 5) is 41.9. The second-order valence-corrected chi connectivity index (χ2v) is 7.61. The Morgan fingerprint density at radius 1 is 1.03 bits per heavy atom. The fraction of sp³-hybridized carbons (Fsp3) is 0.318. The van der Waals surface area contributed by atoms with E-state index in [1.54, 1.807) is 12.1 Å². The van der Waals surface area contributed by atoms with Crippen molar-refractivity contribution in [1.82, 2.24) is 14.5 Å². The zero-order chi connectivity index (χ0) is 20.0. The molecule has 0 unspecified atom stereocenters. The number of aromatic nitrogens is 2. The average Bonchev–Trinajstić information content (AvgIpc) is 3.24. The number of H-pyrrole nitrogens is 1. The Kier molecular flexibility index (Phi) is 4.23. The molecule has 7 nitrogen and oxygen atoms in total. The van der Waals surface area contributed by atoms with Gasteiger partial charge in [0.2, 0.25) is 5.91 Å². The largest absolute Gasteiger partial charge is 0.453 e. The van der Waals surface area contributed by atoms with Crippen molar-refractivity contribution in [2.24, 2.45) is 0 Å². The third-order valence-electron chi connectivity index (χ3n) is 5.94. The highest BCUT2D eigenvalue weighted by molar-refractivity contribution is 5.94. The van der Waals surface area contributed by atoms with Crippen molar-refractivity contribution in [3.8, 4) is 0 Å². The van der Waals surface area contributed by atoms with Crippen LogP contribution in [0.3, 0.4) is 0 Å². The van der Waals surface area contributed by atoms with E-state index in [1.807, 2.05) is 45.9 Å². The molecule has 1 N–H and O–H groups in total. The lowest BCUT2D eigenvalue weighted by molar-refractivity contribution is -0.134. The SMILES string of the molecule is O=C1O[C@H](CC(=O)N2CCC(n3c(=O)[nH]c4ccccc43)CC2)c2ccccc21. The molecule has 1 atom stereocenters. The van der Waals surface area contributed by atoms with E-state index < -0.39 is 6.10 Å². The lowest BCUT2D eigenvalue weighted by Crippen LogP contribution is -2.41. The Balaban J connectivity index is 1.26. The average molecular weight is 391 g/mol. The number of esters is 1. The first-order valence-electron chi connectivity index (χ1n) is 9.89. The monoisotopic (exact) mass is 391 g/mol. The van der Waals surface area contributed by atoms with Gasteiger partial charge in [-0.1, -0.05) is 30.3 Å². The summed E-state index contributed by atoms with van der Waals surface area (Å²) >= 11 is 0. The first kappa shape index (κ1) is 17.7. The maximum absolute atomic E-state index is 12.8.